The number of ether oxygens (including phenoxy) is 4. The molecule has 56 heavy (non-hydrogen) atoms. The number of unbranched alkanes of at least 4 members (excludes halogenated alkanes) is 20. The van der Waals surface area contributed by atoms with Crippen LogP contribution < -0.4 is 0 Å². The van der Waals surface area contributed by atoms with Crippen molar-refractivity contribution in [3.63, 3.8) is 0 Å². The summed E-state index contributed by atoms with van der Waals surface area (Å²) in [5.74, 6) is -0.826. The summed E-state index contributed by atoms with van der Waals surface area (Å²) in [5.41, 5.74) is 0. The highest BCUT2D eigenvalue weighted by Gasteiger charge is 2.44. The van der Waals surface area contributed by atoms with Crippen LogP contribution >= 0.6 is 0 Å². The topological polar surface area (TPSA) is 152 Å². The molecule has 0 aliphatic carbocycles. The molecule has 0 aromatic carbocycles. The molecule has 0 spiro atoms. The summed E-state index contributed by atoms with van der Waals surface area (Å²) in [4.78, 5) is 25.3. The van der Waals surface area contributed by atoms with Crippen LogP contribution in [-0.2, 0) is 28.5 Å². The Morgan fingerprint density at radius 2 is 1.02 bits per heavy atom. The zero-order valence-corrected chi connectivity index (χ0v) is 35.4. The highest BCUT2D eigenvalue weighted by atomic mass is 16.7. The van der Waals surface area contributed by atoms with Crippen molar-refractivity contribution in [2.24, 2.45) is 0 Å². The van der Waals surface area contributed by atoms with E-state index in [2.05, 4.69) is 50.3 Å². The van der Waals surface area contributed by atoms with Crippen LogP contribution in [0, 0.1) is 0 Å². The van der Waals surface area contributed by atoms with E-state index in [-0.39, 0.29) is 26.1 Å². The number of aliphatic hydroxyl groups excluding tert-OH is 4. The van der Waals surface area contributed by atoms with Gasteiger partial charge >= 0.3 is 11.9 Å². The molecular weight excluding hydrogens is 712 g/mol. The minimum atomic E-state index is -1.60. The van der Waals surface area contributed by atoms with E-state index in [9.17, 15) is 30.0 Å². The van der Waals surface area contributed by atoms with Gasteiger partial charge in [-0.3, -0.25) is 9.59 Å². The molecule has 0 aromatic rings. The molecule has 0 saturated carbocycles. The second-order valence-corrected chi connectivity index (χ2v) is 15.5. The molecule has 1 heterocycles. The van der Waals surface area contributed by atoms with Gasteiger partial charge in [-0.05, 0) is 64.2 Å². The van der Waals surface area contributed by atoms with Crippen molar-refractivity contribution in [3.05, 3.63) is 36.5 Å². The zero-order valence-electron chi connectivity index (χ0n) is 35.4. The van der Waals surface area contributed by atoms with Crippen LogP contribution in [-0.4, -0.2) is 89.0 Å². The third-order valence-corrected chi connectivity index (χ3v) is 10.2. The maximum atomic E-state index is 12.8. The van der Waals surface area contributed by atoms with Crippen LogP contribution in [0.15, 0.2) is 36.5 Å². The molecular formula is C46H82O10. The maximum Gasteiger partial charge on any atom is 0.306 e. The lowest BCUT2D eigenvalue weighted by Crippen LogP contribution is -2.59. The third kappa shape index (κ3) is 28.3. The highest BCUT2D eigenvalue weighted by molar-refractivity contribution is 5.70. The lowest BCUT2D eigenvalue weighted by molar-refractivity contribution is -0.305. The number of allylic oxidation sites excluding steroid dienone is 6. The van der Waals surface area contributed by atoms with E-state index in [0.29, 0.717) is 12.8 Å². The van der Waals surface area contributed by atoms with Crippen LogP contribution in [0.2, 0.25) is 0 Å². The second kappa shape index (κ2) is 37.2. The number of carbonyl (C=O) groups excluding carboxylic acids is 2. The third-order valence-electron chi connectivity index (χ3n) is 10.2. The zero-order chi connectivity index (χ0) is 40.9. The standard InChI is InChI=1S/C46H82O10/c1-3-5-7-9-11-13-15-17-19-20-21-23-25-27-29-31-33-35-42(49)55-39(38-54-46-45(52)44(51)43(50)40(36-47)56-46)37-53-41(48)34-32-30-28-26-24-22-18-16-14-12-10-8-6-4-2/h10,12,16-19,39-40,43-47,50-52H,3-9,11,13-15,20-38H2,1-2H3/b12-10+,18-16+,19-17+/t39-,40-,43+,44?,45?,46-/m1/s1. The normalized spacial score (nSPS) is 20.7. The minimum Gasteiger partial charge on any atom is -0.462 e. The predicted molar refractivity (Wildman–Crippen MR) is 224 cm³/mol. The van der Waals surface area contributed by atoms with E-state index < -0.39 is 55.4 Å². The Bertz CT molecular complexity index is 1010. The first-order chi connectivity index (χ1) is 27.3. The first-order valence-corrected chi connectivity index (χ1v) is 22.6. The minimum absolute atomic E-state index is 0.222. The molecule has 0 bridgehead atoms. The molecule has 6 atom stereocenters. The van der Waals surface area contributed by atoms with Crippen molar-refractivity contribution in [1.29, 1.82) is 0 Å². The van der Waals surface area contributed by atoms with Crippen LogP contribution in [0.3, 0.4) is 0 Å². The Balaban J connectivity index is 2.34. The lowest BCUT2D eigenvalue weighted by Gasteiger charge is -2.39. The van der Waals surface area contributed by atoms with Crippen molar-refractivity contribution < 1.29 is 49.0 Å². The first kappa shape index (κ1) is 51.9. The van der Waals surface area contributed by atoms with Gasteiger partial charge in [0.2, 0.25) is 0 Å². The average Bonchev–Trinajstić information content (AvgIpc) is 3.19. The van der Waals surface area contributed by atoms with E-state index in [1.54, 1.807) is 0 Å². The fraction of sp³-hybridized carbons (Fsp3) is 0.826. The molecule has 0 aromatic heterocycles. The summed E-state index contributed by atoms with van der Waals surface area (Å²) in [6, 6.07) is 0. The average molecular weight is 795 g/mol. The Hall–Kier alpha value is -2.08. The van der Waals surface area contributed by atoms with Crippen LogP contribution in [0.25, 0.3) is 0 Å². The van der Waals surface area contributed by atoms with E-state index in [4.69, 9.17) is 18.9 Å². The van der Waals surface area contributed by atoms with E-state index in [1.807, 2.05) is 0 Å². The number of rotatable bonds is 37. The molecule has 10 nitrogen and oxygen atoms in total. The fourth-order valence-electron chi connectivity index (χ4n) is 6.61. The van der Waals surface area contributed by atoms with Gasteiger partial charge in [0.1, 0.15) is 31.0 Å². The van der Waals surface area contributed by atoms with Gasteiger partial charge in [-0.15, -0.1) is 0 Å². The smallest absolute Gasteiger partial charge is 0.306 e. The second-order valence-electron chi connectivity index (χ2n) is 15.5. The lowest BCUT2D eigenvalue weighted by atomic mass is 9.99. The number of hydrogen-bond acceptors (Lipinski definition) is 10. The SMILES string of the molecule is CCCC/C=C/C/C=C/CCCCCCCC(=O)OC[C@H](CO[C@@H]1O[C@H](CO)[C@H](O)C(O)C1O)OC(=O)CCCCCCCCC/C=C/CCCCCCCC. The number of hydrogen-bond donors (Lipinski definition) is 4. The van der Waals surface area contributed by atoms with Gasteiger partial charge in [0.25, 0.3) is 0 Å². The van der Waals surface area contributed by atoms with Crippen molar-refractivity contribution in [2.45, 2.75) is 224 Å². The van der Waals surface area contributed by atoms with E-state index in [0.717, 1.165) is 70.6 Å². The van der Waals surface area contributed by atoms with Gasteiger partial charge in [-0.25, -0.2) is 0 Å². The fourth-order valence-corrected chi connectivity index (χ4v) is 6.61. The molecule has 1 aliphatic heterocycles. The Morgan fingerprint density at radius 3 is 1.55 bits per heavy atom. The molecule has 1 aliphatic rings. The van der Waals surface area contributed by atoms with Crippen molar-refractivity contribution in [1.82, 2.24) is 0 Å². The molecule has 4 N–H and O–H groups in total. The number of esters is 2. The number of aliphatic hydroxyl groups is 4. The number of carbonyl (C=O) groups is 2. The molecule has 1 saturated heterocycles. The largest absolute Gasteiger partial charge is 0.462 e. The van der Waals surface area contributed by atoms with Gasteiger partial charge in [0.15, 0.2) is 12.4 Å². The van der Waals surface area contributed by atoms with Gasteiger partial charge in [0, 0.05) is 12.8 Å². The van der Waals surface area contributed by atoms with E-state index in [1.165, 1.54) is 77.0 Å². The summed E-state index contributed by atoms with van der Waals surface area (Å²) in [7, 11) is 0. The summed E-state index contributed by atoms with van der Waals surface area (Å²) >= 11 is 0. The van der Waals surface area contributed by atoms with Crippen molar-refractivity contribution >= 4 is 11.9 Å². The monoisotopic (exact) mass is 795 g/mol. The predicted octanol–water partition coefficient (Wildman–Crippen LogP) is 9.50. The molecule has 1 fully saturated rings. The quantitative estimate of drug-likeness (QED) is 0.0272. The Morgan fingerprint density at radius 1 is 0.554 bits per heavy atom. The summed E-state index contributed by atoms with van der Waals surface area (Å²) in [6.45, 7) is 3.36. The van der Waals surface area contributed by atoms with Gasteiger partial charge in [-0.1, -0.05) is 147 Å². The summed E-state index contributed by atoms with van der Waals surface area (Å²) in [6.07, 6.45) is 34.3. The molecule has 0 amide bonds. The Kier molecular flexibility index (Phi) is 34.5. The Labute approximate surface area is 340 Å². The van der Waals surface area contributed by atoms with Crippen LogP contribution in [0.1, 0.15) is 187 Å². The van der Waals surface area contributed by atoms with E-state index >= 15 is 0 Å². The summed E-state index contributed by atoms with van der Waals surface area (Å²) in [5, 5.41) is 40.1. The van der Waals surface area contributed by atoms with Crippen LogP contribution in [0.5, 0.6) is 0 Å². The van der Waals surface area contributed by atoms with Gasteiger partial charge < -0.3 is 39.4 Å². The van der Waals surface area contributed by atoms with Crippen molar-refractivity contribution in [2.75, 3.05) is 19.8 Å². The van der Waals surface area contributed by atoms with Gasteiger partial charge in [-0.2, -0.15) is 0 Å². The summed E-state index contributed by atoms with van der Waals surface area (Å²) < 4.78 is 22.1. The molecule has 10 heteroatoms. The van der Waals surface area contributed by atoms with Crippen molar-refractivity contribution in [3.8, 4) is 0 Å². The highest BCUT2D eigenvalue weighted by Crippen LogP contribution is 2.22. The molecule has 0 radical (unpaired) electrons. The molecule has 1 rings (SSSR count). The van der Waals surface area contributed by atoms with Gasteiger partial charge in [0.05, 0.1) is 13.2 Å². The maximum absolute atomic E-state index is 12.8. The van der Waals surface area contributed by atoms with Crippen LogP contribution in [0.4, 0.5) is 0 Å². The molecule has 326 valence electrons. The molecule has 2 unspecified atom stereocenters. The first-order valence-electron chi connectivity index (χ1n) is 22.6.